The summed E-state index contributed by atoms with van der Waals surface area (Å²) in [5.74, 6) is 0.865. The molecule has 106 valence electrons. The number of hydrogen-bond donors (Lipinski definition) is 2. The van der Waals surface area contributed by atoms with E-state index < -0.39 is 0 Å². The number of hydrogen-bond acceptors (Lipinski definition) is 5. The van der Waals surface area contributed by atoms with Gasteiger partial charge >= 0.3 is 0 Å². The van der Waals surface area contributed by atoms with Gasteiger partial charge in [0.15, 0.2) is 5.82 Å². The summed E-state index contributed by atoms with van der Waals surface area (Å²) in [6, 6.07) is 2.10. The molecule has 1 aliphatic rings. The lowest BCUT2D eigenvalue weighted by Crippen LogP contribution is -2.28. The molecule has 1 aromatic heterocycles. The minimum atomic E-state index is 0.240. The molecule has 0 bridgehead atoms. The number of nitrogens with one attached hydrogen (secondary N) is 2. The molecule has 1 fully saturated rings. The normalized spacial score (nSPS) is 17.1. The lowest BCUT2D eigenvalue weighted by molar-refractivity contribution is 0.442. The maximum absolute atomic E-state index is 4.16. The highest BCUT2D eigenvalue weighted by atomic mass is 15.2. The van der Waals surface area contributed by atoms with Gasteiger partial charge in [0.1, 0.15) is 0 Å². The molecule has 0 unspecified atom stereocenters. The van der Waals surface area contributed by atoms with Crippen LogP contribution in [0, 0.1) is 5.41 Å². The Morgan fingerprint density at radius 2 is 2.16 bits per heavy atom. The second-order valence-electron chi connectivity index (χ2n) is 6.30. The van der Waals surface area contributed by atoms with Crippen LogP contribution in [0.15, 0.2) is 12.3 Å². The molecule has 0 aromatic carbocycles. The van der Waals surface area contributed by atoms with E-state index in [0.29, 0.717) is 0 Å². The van der Waals surface area contributed by atoms with Gasteiger partial charge in [-0.3, -0.25) is 0 Å². The summed E-state index contributed by atoms with van der Waals surface area (Å²) in [7, 11) is 0. The second kappa shape index (κ2) is 6.19. The number of aromatic nitrogens is 2. The van der Waals surface area contributed by atoms with Crippen molar-refractivity contribution in [2.75, 3.05) is 42.9 Å². The summed E-state index contributed by atoms with van der Waals surface area (Å²) in [5.41, 5.74) is 1.40. The molecule has 0 aliphatic carbocycles. The van der Waals surface area contributed by atoms with Crippen molar-refractivity contribution in [2.24, 2.45) is 5.41 Å². The van der Waals surface area contributed by atoms with Gasteiger partial charge in [0.2, 0.25) is 0 Å². The third kappa shape index (κ3) is 4.67. The molecule has 0 spiro atoms. The minimum Gasteiger partial charge on any atom is -0.369 e. The molecule has 2 N–H and O–H groups in total. The van der Waals surface area contributed by atoms with Gasteiger partial charge in [0.25, 0.3) is 0 Å². The van der Waals surface area contributed by atoms with Gasteiger partial charge < -0.3 is 15.5 Å². The van der Waals surface area contributed by atoms with E-state index in [1.165, 1.54) is 6.42 Å². The zero-order chi connectivity index (χ0) is 13.7. The van der Waals surface area contributed by atoms with Crippen LogP contribution in [0.4, 0.5) is 11.5 Å². The van der Waals surface area contributed by atoms with Crippen molar-refractivity contribution < 1.29 is 0 Å². The maximum atomic E-state index is 4.16. The van der Waals surface area contributed by atoms with Crippen LogP contribution in [0.3, 0.4) is 0 Å². The average molecular weight is 263 g/mol. The molecular formula is C14H25N5. The van der Waals surface area contributed by atoms with E-state index in [-0.39, 0.29) is 5.41 Å². The zero-order valence-electron chi connectivity index (χ0n) is 12.2. The van der Waals surface area contributed by atoms with Gasteiger partial charge in [-0.1, -0.05) is 20.8 Å². The Kier molecular flexibility index (Phi) is 4.58. The standard InChI is InChI=1S/C14H25N5/c1-14(2,3)11-16-13-9-12(10-17-18-13)19-7-4-5-15-6-8-19/h9-10,15H,4-8,11H2,1-3H3,(H,16,18). The first-order valence-electron chi connectivity index (χ1n) is 7.07. The summed E-state index contributed by atoms with van der Waals surface area (Å²) < 4.78 is 0. The second-order valence-corrected chi connectivity index (χ2v) is 6.30. The van der Waals surface area contributed by atoms with Crippen molar-refractivity contribution in [1.82, 2.24) is 15.5 Å². The van der Waals surface area contributed by atoms with Gasteiger partial charge in [0, 0.05) is 32.2 Å². The predicted octanol–water partition coefficient (Wildman–Crippen LogP) is 1.73. The molecule has 2 heterocycles. The quantitative estimate of drug-likeness (QED) is 0.870. The molecule has 0 radical (unpaired) electrons. The van der Waals surface area contributed by atoms with Crippen LogP contribution in [0.25, 0.3) is 0 Å². The van der Waals surface area contributed by atoms with Gasteiger partial charge in [-0.15, -0.1) is 5.10 Å². The highest BCUT2D eigenvalue weighted by molar-refractivity contribution is 5.52. The van der Waals surface area contributed by atoms with E-state index in [2.05, 4.69) is 52.6 Å². The molecule has 2 rings (SSSR count). The van der Waals surface area contributed by atoms with Crippen molar-refractivity contribution in [1.29, 1.82) is 0 Å². The van der Waals surface area contributed by atoms with Gasteiger partial charge in [-0.05, 0) is 18.4 Å². The summed E-state index contributed by atoms with van der Waals surface area (Å²) >= 11 is 0. The van der Waals surface area contributed by atoms with E-state index in [1.54, 1.807) is 0 Å². The molecule has 1 saturated heterocycles. The minimum absolute atomic E-state index is 0.240. The van der Waals surface area contributed by atoms with Crippen LogP contribution < -0.4 is 15.5 Å². The smallest absolute Gasteiger partial charge is 0.150 e. The first kappa shape index (κ1) is 14.1. The predicted molar refractivity (Wildman–Crippen MR) is 79.7 cm³/mol. The SMILES string of the molecule is CC(C)(C)CNc1cc(N2CCCNCC2)cnn1. The fourth-order valence-electron chi connectivity index (χ4n) is 2.08. The molecule has 5 nitrogen and oxygen atoms in total. The third-order valence-corrected chi connectivity index (χ3v) is 3.15. The molecule has 1 aliphatic heterocycles. The monoisotopic (exact) mass is 263 g/mol. The summed E-state index contributed by atoms with van der Waals surface area (Å²) in [4.78, 5) is 2.37. The van der Waals surface area contributed by atoms with E-state index >= 15 is 0 Å². The van der Waals surface area contributed by atoms with Crippen LogP contribution in [0.5, 0.6) is 0 Å². The zero-order valence-corrected chi connectivity index (χ0v) is 12.2. The van der Waals surface area contributed by atoms with Crippen LogP contribution in [0.1, 0.15) is 27.2 Å². The topological polar surface area (TPSA) is 53.1 Å². The van der Waals surface area contributed by atoms with Crippen molar-refractivity contribution >= 4 is 11.5 Å². The Bertz CT molecular complexity index is 391. The fourth-order valence-corrected chi connectivity index (χ4v) is 2.08. The lowest BCUT2D eigenvalue weighted by Gasteiger charge is -2.23. The Balaban J connectivity index is 2.01. The Morgan fingerprint density at radius 1 is 1.32 bits per heavy atom. The van der Waals surface area contributed by atoms with Crippen LogP contribution in [-0.2, 0) is 0 Å². The fraction of sp³-hybridized carbons (Fsp3) is 0.714. The van der Waals surface area contributed by atoms with Crippen molar-refractivity contribution in [3.8, 4) is 0 Å². The number of rotatable bonds is 3. The highest BCUT2D eigenvalue weighted by Gasteiger charge is 2.13. The number of anilines is 2. The third-order valence-electron chi connectivity index (χ3n) is 3.15. The van der Waals surface area contributed by atoms with Gasteiger partial charge in [-0.25, -0.2) is 0 Å². The molecule has 19 heavy (non-hydrogen) atoms. The summed E-state index contributed by atoms with van der Waals surface area (Å²) in [5, 5.41) is 15.1. The Morgan fingerprint density at radius 3 is 2.95 bits per heavy atom. The van der Waals surface area contributed by atoms with Gasteiger partial charge in [0.05, 0.1) is 11.9 Å². The van der Waals surface area contributed by atoms with E-state index in [9.17, 15) is 0 Å². The van der Waals surface area contributed by atoms with Crippen LogP contribution in [-0.4, -0.2) is 42.9 Å². The van der Waals surface area contributed by atoms with E-state index in [0.717, 1.165) is 44.2 Å². The molecule has 0 amide bonds. The maximum Gasteiger partial charge on any atom is 0.150 e. The van der Waals surface area contributed by atoms with E-state index in [4.69, 9.17) is 0 Å². The van der Waals surface area contributed by atoms with Crippen molar-refractivity contribution in [3.05, 3.63) is 12.3 Å². The van der Waals surface area contributed by atoms with Crippen LogP contribution in [0.2, 0.25) is 0 Å². The number of nitrogens with zero attached hydrogens (tertiary/aromatic N) is 3. The Hall–Kier alpha value is -1.36. The largest absolute Gasteiger partial charge is 0.369 e. The molecule has 1 aromatic rings. The first-order valence-corrected chi connectivity index (χ1v) is 7.07. The lowest BCUT2D eigenvalue weighted by atomic mass is 9.97. The molecular weight excluding hydrogens is 238 g/mol. The highest BCUT2D eigenvalue weighted by Crippen LogP contribution is 2.19. The first-order chi connectivity index (χ1) is 9.04. The van der Waals surface area contributed by atoms with Crippen LogP contribution >= 0.6 is 0 Å². The van der Waals surface area contributed by atoms with Gasteiger partial charge in [-0.2, -0.15) is 5.10 Å². The molecule has 5 heteroatoms. The van der Waals surface area contributed by atoms with Crippen molar-refractivity contribution in [3.63, 3.8) is 0 Å². The van der Waals surface area contributed by atoms with Crippen molar-refractivity contribution in [2.45, 2.75) is 27.2 Å². The summed E-state index contributed by atoms with van der Waals surface area (Å²) in [6.07, 6.45) is 3.03. The average Bonchev–Trinajstić information content (AvgIpc) is 2.65. The summed E-state index contributed by atoms with van der Waals surface area (Å²) in [6.45, 7) is 11.8. The molecule has 0 atom stereocenters. The Labute approximate surface area is 115 Å². The molecule has 0 saturated carbocycles. The van der Waals surface area contributed by atoms with E-state index in [1.807, 2.05) is 6.20 Å².